The number of amides is 1. The number of carbonyl (C=O) groups is 1. The van der Waals surface area contributed by atoms with Crippen molar-refractivity contribution in [3.63, 3.8) is 0 Å². The first kappa shape index (κ1) is 18.0. The number of fused-ring (bicyclic) bond motifs is 1. The van der Waals surface area contributed by atoms with E-state index in [0.29, 0.717) is 13.1 Å². The Bertz CT molecular complexity index is 922. The Balaban J connectivity index is 1.58. The van der Waals surface area contributed by atoms with Gasteiger partial charge in [0.1, 0.15) is 5.76 Å². The fourth-order valence-corrected chi connectivity index (χ4v) is 3.24. The molecule has 26 heavy (non-hydrogen) atoms. The maximum absolute atomic E-state index is 12.6. The molecule has 6 nitrogen and oxygen atoms in total. The molecule has 3 aromatic rings. The van der Waals surface area contributed by atoms with E-state index in [2.05, 4.69) is 5.32 Å². The number of carbonyl (C=O) groups excluding carboxylic acids is 1. The molecule has 1 atom stereocenters. The standard InChI is InChI=1S/C20H25N3O3/c1-3-22-17-8-4-5-9-18(17)23(20(22)25)13-12-19(24)21-15(2)10-11-16-7-6-14-26-16/h4-9,14-15H,3,10-13H2,1-2H3,(H,21,24). The lowest BCUT2D eigenvalue weighted by Gasteiger charge is -2.13. The van der Waals surface area contributed by atoms with E-state index in [1.165, 1.54) is 0 Å². The predicted octanol–water partition coefficient (Wildman–Crippen LogP) is 2.94. The van der Waals surface area contributed by atoms with E-state index in [0.717, 1.165) is 29.6 Å². The third kappa shape index (κ3) is 3.90. The van der Waals surface area contributed by atoms with Crippen molar-refractivity contribution in [2.24, 2.45) is 0 Å². The minimum atomic E-state index is -0.0626. The molecule has 0 aliphatic carbocycles. The lowest BCUT2D eigenvalue weighted by molar-refractivity contribution is -0.121. The zero-order chi connectivity index (χ0) is 18.5. The van der Waals surface area contributed by atoms with E-state index in [-0.39, 0.29) is 24.1 Å². The summed E-state index contributed by atoms with van der Waals surface area (Å²) in [5, 5.41) is 3.00. The summed E-state index contributed by atoms with van der Waals surface area (Å²) in [6.07, 6.45) is 3.54. The number of hydrogen-bond donors (Lipinski definition) is 1. The highest BCUT2D eigenvalue weighted by Crippen LogP contribution is 2.13. The molecule has 1 unspecified atom stereocenters. The molecule has 0 radical (unpaired) electrons. The van der Waals surface area contributed by atoms with E-state index in [4.69, 9.17) is 4.42 Å². The van der Waals surface area contributed by atoms with Gasteiger partial charge in [0.2, 0.25) is 5.91 Å². The maximum Gasteiger partial charge on any atom is 0.329 e. The van der Waals surface area contributed by atoms with E-state index < -0.39 is 0 Å². The van der Waals surface area contributed by atoms with Gasteiger partial charge < -0.3 is 9.73 Å². The van der Waals surface area contributed by atoms with Gasteiger partial charge in [-0.05, 0) is 44.5 Å². The fraction of sp³-hybridized carbons (Fsp3) is 0.400. The number of hydrogen-bond acceptors (Lipinski definition) is 3. The second-order valence-electron chi connectivity index (χ2n) is 6.50. The van der Waals surface area contributed by atoms with Crippen molar-refractivity contribution in [3.8, 4) is 0 Å². The lowest BCUT2D eigenvalue weighted by Crippen LogP contribution is -2.34. The van der Waals surface area contributed by atoms with Crippen LogP contribution in [0.2, 0.25) is 0 Å². The number of aryl methyl sites for hydroxylation is 3. The van der Waals surface area contributed by atoms with Crippen LogP contribution in [0, 0.1) is 0 Å². The second-order valence-corrected chi connectivity index (χ2v) is 6.50. The van der Waals surface area contributed by atoms with Crippen molar-refractivity contribution in [2.75, 3.05) is 0 Å². The van der Waals surface area contributed by atoms with Gasteiger partial charge in [-0.15, -0.1) is 0 Å². The van der Waals surface area contributed by atoms with Gasteiger partial charge in [-0.25, -0.2) is 4.79 Å². The van der Waals surface area contributed by atoms with Crippen LogP contribution in [0.5, 0.6) is 0 Å². The van der Waals surface area contributed by atoms with Gasteiger partial charge in [-0.1, -0.05) is 12.1 Å². The smallest absolute Gasteiger partial charge is 0.329 e. The number of nitrogens with one attached hydrogen (secondary N) is 1. The average Bonchev–Trinajstić information content (AvgIpc) is 3.24. The van der Waals surface area contributed by atoms with Crippen LogP contribution in [0.3, 0.4) is 0 Å². The van der Waals surface area contributed by atoms with Crippen LogP contribution < -0.4 is 11.0 Å². The molecule has 2 aromatic heterocycles. The highest BCUT2D eigenvalue weighted by molar-refractivity contribution is 5.78. The van der Waals surface area contributed by atoms with Gasteiger partial charge in [-0.3, -0.25) is 13.9 Å². The van der Waals surface area contributed by atoms with Crippen molar-refractivity contribution in [1.29, 1.82) is 0 Å². The monoisotopic (exact) mass is 355 g/mol. The summed E-state index contributed by atoms with van der Waals surface area (Å²) in [5.74, 6) is 0.877. The normalized spacial score (nSPS) is 12.4. The highest BCUT2D eigenvalue weighted by Gasteiger charge is 2.14. The molecule has 0 saturated carbocycles. The Morgan fingerprint density at radius 1 is 1.15 bits per heavy atom. The molecule has 2 heterocycles. The van der Waals surface area contributed by atoms with E-state index in [1.807, 2.05) is 50.2 Å². The topological polar surface area (TPSA) is 69.2 Å². The fourth-order valence-electron chi connectivity index (χ4n) is 3.24. The van der Waals surface area contributed by atoms with Crippen molar-refractivity contribution in [3.05, 3.63) is 58.9 Å². The van der Waals surface area contributed by atoms with Crippen LogP contribution in [0.1, 0.15) is 32.4 Å². The Morgan fingerprint density at radius 3 is 2.54 bits per heavy atom. The number of para-hydroxylation sites is 2. The first-order chi connectivity index (χ1) is 12.6. The van der Waals surface area contributed by atoms with Crippen LogP contribution in [0.4, 0.5) is 0 Å². The predicted molar refractivity (Wildman–Crippen MR) is 101 cm³/mol. The van der Waals surface area contributed by atoms with Crippen molar-refractivity contribution in [1.82, 2.24) is 14.5 Å². The molecule has 0 aliphatic rings. The summed E-state index contributed by atoms with van der Waals surface area (Å²) in [5.41, 5.74) is 1.72. The third-order valence-corrected chi connectivity index (χ3v) is 4.62. The molecule has 138 valence electrons. The van der Waals surface area contributed by atoms with Gasteiger partial charge in [0.25, 0.3) is 0 Å². The quantitative estimate of drug-likeness (QED) is 0.675. The number of rotatable bonds is 8. The molecule has 1 aromatic carbocycles. The highest BCUT2D eigenvalue weighted by atomic mass is 16.3. The van der Waals surface area contributed by atoms with Crippen LogP contribution in [0.15, 0.2) is 51.9 Å². The number of furan rings is 1. The van der Waals surface area contributed by atoms with Crippen LogP contribution >= 0.6 is 0 Å². The lowest BCUT2D eigenvalue weighted by atomic mass is 10.1. The Labute approximate surface area is 152 Å². The molecular weight excluding hydrogens is 330 g/mol. The van der Waals surface area contributed by atoms with Gasteiger partial charge in [0, 0.05) is 32.0 Å². The van der Waals surface area contributed by atoms with Crippen LogP contribution in [-0.4, -0.2) is 21.1 Å². The SMILES string of the molecule is CCn1c(=O)n(CCC(=O)NC(C)CCc2ccco2)c2ccccc21. The second kappa shape index (κ2) is 8.08. The minimum Gasteiger partial charge on any atom is -0.469 e. The summed E-state index contributed by atoms with van der Waals surface area (Å²) < 4.78 is 8.73. The van der Waals surface area contributed by atoms with Crippen LogP contribution in [0.25, 0.3) is 11.0 Å². The molecular formula is C20H25N3O3. The molecule has 0 fully saturated rings. The number of nitrogens with zero attached hydrogens (tertiary/aromatic N) is 2. The zero-order valence-electron chi connectivity index (χ0n) is 15.3. The van der Waals surface area contributed by atoms with Gasteiger partial charge >= 0.3 is 5.69 Å². The summed E-state index contributed by atoms with van der Waals surface area (Å²) in [6.45, 7) is 4.92. The summed E-state index contributed by atoms with van der Waals surface area (Å²) >= 11 is 0. The molecule has 6 heteroatoms. The van der Waals surface area contributed by atoms with Crippen molar-refractivity contribution >= 4 is 16.9 Å². The molecule has 0 bridgehead atoms. The Kier molecular flexibility index (Phi) is 5.61. The molecule has 1 amide bonds. The zero-order valence-corrected chi connectivity index (χ0v) is 15.3. The minimum absolute atomic E-state index is 0.0443. The molecule has 0 saturated heterocycles. The molecule has 0 aliphatic heterocycles. The van der Waals surface area contributed by atoms with Crippen LogP contribution in [-0.2, 0) is 24.3 Å². The van der Waals surface area contributed by atoms with Crippen molar-refractivity contribution in [2.45, 2.75) is 52.2 Å². The first-order valence-corrected chi connectivity index (χ1v) is 9.10. The molecule has 1 N–H and O–H groups in total. The molecule has 0 spiro atoms. The number of aromatic nitrogens is 2. The first-order valence-electron chi connectivity index (χ1n) is 9.10. The third-order valence-electron chi connectivity index (χ3n) is 4.62. The number of imidazole rings is 1. The van der Waals surface area contributed by atoms with E-state index in [1.54, 1.807) is 15.4 Å². The van der Waals surface area contributed by atoms with Crippen molar-refractivity contribution < 1.29 is 9.21 Å². The Morgan fingerprint density at radius 2 is 1.88 bits per heavy atom. The van der Waals surface area contributed by atoms with Gasteiger partial charge in [0.05, 0.1) is 17.3 Å². The van der Waals surface area contributed by atoms with E-state index in [9.17, 15) is 9.59 Å². The average molecular weight is 355 g/mol. The molecule has 3 rings (SSSR count). The Hall–Kier alpha value is -2.76. The summed E-state index contributed by atoms with van der Waals surface area (Å²) in [7, 11) is 0. The maximum atomic E-state index is 12.6. The van der Waals surface area contributed by atoms with Gasteiger partial charge in [0.15, 0.2) is 0 Å². The summed E-state index contributed by atoms with van der Waals surface area (Å²) in [6, 6.07) is 11.6. The number of benzene rings is 1. The van der Waals surface area contributed by atoms with E-state index >= 15 is 0 Å². The largest absolute Gasteiger partial charge is 0.469 e. The summed E-state index contributed by atoms with van der Waals surface area (Å²) in [4.78, 5) is 24.8. The van der Waals surface area contributed by atoms with Gasteiger partial charge in [-0.2, -0.15) is 0 Å².